The molecule has 0 aromatic carbocycles. The fourth-order valence-electron chi connectivity index (χ4n) is 2.50. The first-order valence-corrected chi connectivity index (χ1v) is 7.43. The first kappa shape index (κ1) is 15.1. The summed E-state index contributed by atoms with van der Waals surface area (Å²) >= 11 is 0. The van der Waals surface area contributed by atoms with Crippen LogP contribution in [0.15, 0.2) is 16.7 Å². The Morgan fingerprint density at radius 2 is 2.35 bits per heavy atom. The summed E-state index contributed by atoms with van der Waals surface area (Å²) in [6, 6.07) is 1.73. The lowest BCUT2D eigenvalue weighted by atomic mass is 10.1. The van der Waals surface area contributed by atoms with Crippen LogP contribution in [-0.2, 0) is 11.3 Å². The average Bonchev–Trinajstić information content (AvgIpc) is 2.83. The van der Waals surface area contributed by atoms with Crippen molar-refractivity contribution in [3.05, 3.63) is 23.7 Å². The molecule has 1 aliphatic heterocycles. The number of amides is 1. The molecule has 1 aliphatic rings. The molecule has 1 amide bonds. The fraction of sp³-hybridized carbons (Fsp3) is 0.667. The zero-order valence-electron chi connectivity index (χ0n) is 12.1. The van der Waals surface area contributed by atoms with E-state index in [4.69, 9.17) is 14.9 Å². The van der Waals surface area contributed by atoms with E-state index in [1.54, 1.807) is 6.07 Å². The minimum atomic E-state index is 0.0320. The molecule has 1 atom stereocenters. The van der Waals surface area contributed by atoms with Gasteiger partial charge in [-0.15, -0.1) is 0 Å². The molecule has 1 unspecified atom stereocenters. The van der Waals surface area contributed by atoms with Crippen molar-refractivity contribution >= 4 is 5.91 Å². The normalized spacial score (nSPS) is 19.9. The Kier molecular flexibility index (Phi) is 5.61. The molecule has 20 heavy (non-hydrogen) atoms. The molecule has 5 heteroatoms. The van der Waals surface area contributed by atoms with Gasteiger partial charge in [-0.2, -0.15) is 0 Å². The number of hydrogen-bond acceptors (Lipinski definition) is 4. The van der Waals surface area contributed by atoms with Crippen LogP contribution in [0.5, 0.6) is 0 Å². The Bertz CT molecular complexity index is 431. The van der Waals surface area contributed by atoms with Crippen molar-refractivity contribution in [1.82, 2.24) is 4.90 Å². The largest absolute Gasteiger partial charge is 0.467 e. The fourth-order valence-corrected chi connectivity index (χ4v) is 2.50. The van der Waals surface area contributed by atoms with Gasteiger partial charge in [0.25, 0.3) is 5.91 Å². The molecule has 2 N–H and O–H groups in total. The molecule has 1 saturated heterocycles. The lowest BCUT2D eigenvalue weighted by Crippen LogP contribution is -2.32. The molecule has 0 bridgehead atoms. The summed E-state index contributed by atoms with van der Waals surface area (Å²) in [4.78, 5) is 14.3. The summed E-state index contributed by atoms with van der Waals surface area (Å²) in [5.74, 6) is 0.678. The quantitative estimate of drug-likeness (QED) is 0.897. The predicted molar refractivity (Wildman–Crippen MR) is 76.4 cm³/mol. The van der Waals surface area contributed by atoms with Gasteiger partial charge in [0.05, 0.1) is 18.2 Å². The van der Waals surface area contributed by atoms with Gasteiger partial charge in [-0.3, -0.25) is 4.79 Å². The Morgan fingerprint density at radius 1 is 1.50 bits per heavy atom. The molecule has 2 rings (SSSR count). The van der Waals surface area contributed by atoms with Crippen molar-refractivity contribution < 1.29 is 13.9 Å². The van der Waals surface area contributed by atoms with Crippen LogP contribution >= 0.6 is 0 Å². The number of furan rings is 1. The van der Waals surface area contributed by atoms with Gasteiger partial charge in [0.15, 0.2) is 0 Å². The second-order valence-electron chi connectivity index (χ2n) is 5.22. The number of carbonyl (C=O) groups excluding carboxylic acids is 1. The second-order valence-corrected chi connectivity index (χ2v) is 5.22. The van der Waals surface area contributed by atoms with Crippen LogP contribution in [0.2, 0.25) is 0 Å². The number of nitrogens with two attached hydrogens (primary N) is 1. The van der Waals surface area contributed by atoms with Crippen molar-refractivity contribution in [3.63, 3.8) is 0 Å². The molecule has 0 spiro atoms. The molecule has 1 aromatic rings. The molecule has 1 aromatic heterocycles. The molecule has 0 saturated carbocycles. The topological polar surface area (TPSA) is 68.7 Å². The first-order chi connectivity index (χ1) is 9.74. The Balaban J connectivity index is 1.90. The summed E-state index contributed by atoms with van der Waals surface area (Å²) in [6.45, 7) is 4.77. The maximum atomic E-state index is 12.4. The van der Waals surface area contributed by atoms with E-state index >= 15 is 0 Å². The number of nitrogens with zero attached hydrogens (tertiary/aromatic N) is 1. The lowest BCUT2D eigenvalue weighted by molar-refractivity contribution is 0.0432. The first-order valence-electron chi connectivity index (χ1n) is 7.43. The summed E-state index contributed by atoms with van der Waals surface area (Å²) in [5.41, 5.74) is 6.09. The third kappa shape index (κ3) is 3.84. The van der Waals surface area contributed by atoms with E-state index in [9.17, 15) is 4.79 Å². The molecule has 2 heterocycles. The number of hydrogen-bond donors (Lipinski definition) is 1. The molecular weight excluding hydrogens is 256 g/mol. The van der Waals surface area contributed by atoms with Gasteiger partial charge >= 0.3 is 0 Å². The summed E-state index contributed by atoms with van der Waals surface area (Å²) in [5, 5.41) is 0. The summed E-state index contributed by atoms with van der Waals surface area (Å²) in [6.07, 6.45) is 5.76. The van der Waals surface area contributed by atoms with E-state index in [0.29, 0.717) is 17.9 Å². The molecule has 0 radical (unpaired) electrons. The van der Waals surface area contributed by atoms with Crippen molar-refractivity contribution in [3.8, 4) is 0 Å². The van der Waals surface area contributed by atoms with Gasteiger partial charge in [0.1, 0.15) is 12.0 Å². The molecular formula is C15H24N2O3. The van der Waals surface area contributed by atoms with Gasteiger partial charge in [-0.25, -0.2) is 0 Å². The maximum absolute atomic E-state index is 12.4. The zero-order valence-corrected chi connectivity index (χ0v) is 12.1. The van der Waals surface area contributed by atoms with E-state index in [0.717, 1.165) is 45.4 Å². The number of ether oxygens (including phenoxy) is 1. The third-order valence-corrected chi connectivity index (χ3v) is 3.62. The van der Waals surface area contributed by atoms with Crippen LogP contribution in [0.25, 0.3) is 0 Å². The van der Waals surface area contributed by atoms with Crippen LogP contribution < -0.4 is 5.73 Å². The third-order valence-electron chi connectivity index (χ3n) is 3.62. The second kappa shape index (κ2) is 7.45. The summed E-state index contributed by atoms with van der Waals surface area (Å²) in [7, 11) is 0. The molecule has 112 valence electrons. The van der Waals surface area contributed by atoms with Gasteiger partial charge in [-0.1, -0.05) is 6.92 Å². The minimum Gasteiger partial charge on any atom is -0.467 e. The average molecular weight is 280 g/mol. The van der Waals surface area contributed by atoms with Crippen LogP contribution in [0.4, 0.5) is 0 Å². The molecule has 5 nitrogen and oxygen atoms in total. The van der Waals surface area contributed by atoms with Gasteiger partial charge in [0, 0.05) is 19.7 Å². The van der Waals surface area contributed by atoms with Crippen molar-refractivity contribution in [2.45, 2.75) is 45.3 Å². The Hall–Kier alpha value is -1.33. The molecule has 1 fully saturated rings. The maximum Gasteiger partial charge on any atom is 0.257 e. The lowest BCUT2D eigenvalue weighted by Gasteiger charge is -2.19. The number of likely N-dealkylation sites (tertiary alicyclic amines) is 1. The smallest absolute Gasteiger partial charge is 0.257 e. The monoisotopic (exact) mass is 280 g/mol. The van der Waals surface area contributed by atoms with Crippen LogP contribution in [-0.4, -0.2) is 36.6 Å². The van der Waals surface area contributed by atoms with Crippen LogP contribution in [0, 0.1) is 0 Å². The minimum absolute atomic E-state index is 0.0320. The standard InChI is InChI=1S/C15H24N2O3/c1-2-8-19-13-4-3-6-17(7-5-13)15(18)12-9-14(10-16)20-11-12/h9,11,13H,2-8,10,16H2,1H3. The van der Waals surface area contributed by atoms with Crippen molar-refractivity contribution in [2.24, 2.45) is 5.73 Å². The highest BCUT2D eigenvalue weighted by atomic mass is 16.5. The van der Waals surface area contributed by atoms with Gasteiger partial charge in [0.2, 0.25) is 0 Å². The van der Waals surface area contributed by atoms with E-state index < -0.39 is 0 Å². The van der Waals surface area contributed by atoms with Crippen LogP contribution in [0.1, 0.15) is 48.7 Å². The van der Waals surface area contributed by atoms with Crippen LogP contribution in [0.3, 0.4) is 0 Å². The van der Waals surface area contributed by atoms with Gasteiger partial charge < -0.3 is 19.8 Å². The van der Waals surface area contributed by atoms with E-state index in [1.165, 1.54) is 6.26 Å². The zero-order chi connectivity index (χ0) is 14.4. The Morgan fingerprint density at radius 3 is 3.05 bits per heavy atom. The highest BCUT2D eigenvalue weighted by Crippen LogP contribution is 2.17. The van der Waals surface area contributed by atoms with Crippen molar-refractivity contribution in [2.75, 3.05) is 19.7 Å². The molecule has 0 aliphatic carbocycles. The van der Waals surface area contributed by atoms with E-state index in [-0.39, 0.29) is 12.0 Å². The SMILES string of the molecule is CCCOC1CCCN(C(=O)c2coc(CN)c2)CC1. The van der Waals surface area contributed by atoms with Gasteiger partial charge in [-0.05, 0) is 31.7 Å². The highest BCUT2D eigenvalue weighted by molar-refractivity contribution is 5.94. The highest BCUT2D eigenvalue weighted by Gasteiger charge is 2.22. The van der Waals surface area contributed by atoms with E-state index in [2.05, 4.69) is 6.92 Å². The summed E-state index contributed by atoms with van der Waals surface area (Å²) < 4.78 is 11.0. The number of carbonyl (C=O) groups is 1. The van der Waals surface area contributed by atoms with Crippen molar-refractivity contribution in [1.29, 1.82) is 0 Å². The number of rotatable bonds is 5. The van der Waals surface area contributed by atoms with E-state index in [1.807, 2.05) is 4.90 Å². The predicted octanol–water partition coefficient (Wildman–Crippen LogP) is 2.16. The Labute approximate surface area is 120 Å².